The molecule has 3 N–H and O–H groups in total. The minimum atomic E-state index is -0.438. The molecule has 1 saturated heterocycles. The molecule has 1 aliphatic heterocycles. The van der Waals surface area contributed by atoms with Gasteiger partial charge in [0.1, 0.15) is 0 Å². The van der Waals surface area contributed by atoms with Gasteiger partial charge < -0.3 is 20.1 Å². The number of fused-ring (bicyclic) bond motifs is 5. The molecule has 23 heavy (non-hydrogen) atoms. The lowest BCUT2D eigenvalue weighted by Crippen LogP contribution is -2.61. The highest BCUT2D eigenvalue weighted by molar-refractivity contribution is 5.28. The highest BCUT2D eigenvalue weighted by Crippen LogP contribution is 2.61. The van der Waals surface area contributed by atoms with Crippen LogP contribution in [0.4, 0.5) is 0 Å². The van der Waals surface area contributed by atoms with Gasteiger partial charge in [-0.3, -0.25) is 0 Å². The van der Waals surface area contributed by atoms with E-state index >= 15 is 0 Å². The van der Waals surface area contributed by atoms with E-state index in [-0.39, 0.29) is 41.0 Å². The molecule has 3 unspecified atom stereocenters. The molecule has 9 atom stereocenters. The minimum absolute atomic E-state index is 0.000532. The van der Waals surface area contributed by atoms with Crippen LogP contribution < -0.4 is 0 Å². The molecule has 3 fully saturated rings. The second kappa shape index (κ2) is 5.04. The molecule has 0 aromatic rings. The summed E-state index contributed by atoms with van der Waals surface area (Å²) in [5.74, 6) is 0.662. The zero-order valence-corrected chi connectivity index (χ0v) is 14.4. The highest BCUT2D eigenvalue weighted by atomic mass is 16.5. The predicted octanol–water partition coefficient (Wildman–Crippen LogP) is 1.88. The van der Waals surface area contributed by atoms with Crippen LogP contribution >= 0.6 is 0 Å². The zero-order chi connectivity index (χ0) is 16.6. The van der Waals surface area contributed by atoms with Gasteiger partial charge in [-0.15, -0.1) is 0 Å². The summed E-state index contributed by atoms with van der Waals surface area (Å²) < 4.78 is 6.35. The van der Waals surface area contributed by atoms with Gasteiger partial charge in [0.25, 0.3) is 0 Å². The van der Waals surface area contributed by atoms with Crippen molar-refractivity contribution in [2.24, 2.45) is 28.6 Å². The molecule has 0 aromatic carbocycles. The lowest BCUT2D eigenvalue weighted by atomic mass is 9.53. The summed E-state index contributed by atoms with van der Waals surface area (Å²) in [6.07, 6.45) is 4.06. The molecule has 4 aliphatic rings. The van der Waals surface area contributed by atoms with Crippen LogP contribution in [0.3, 0.4) is 0 Å². The molecule has 4 rings (SSSR count). The maximum Gasteiger partial charge on any atom is 0.0724 e. The first-order valence-electron chi connectivity index (χ1n) is 9.14. The summed E-state index contributed by atoms with van der Waals surface area (Å²) >= 11 is 0. The van der Waals surface area contributed by atoms with Crippen LogP contribution in [0.25, 0.3) is 0 Å². The van der Waals surface area contributed by atoms with E-state index in [1.807, 2.05) is 6.08 Å². The summed E-state index contributed by atoms with van der Waals surface area (Å²) in [5, 5.41) is 31.5. The predicted molar refractivity (Wildman–Crippen MR) is 86.7 cm³/mol. The van der Waals surface area contributed by atoms with Crippen molar-refractivity contribution >= 4 is 0 Å². The fourth-order valence-electron chi connectivity index (χ4n) is 6.23. The van der Waals surface area contributed by atoms with E-state index in [2.05, 4.69) is 20.8 Å². The third-order valence-electron chi connectivity index (χ3n) is 7.66. The van der Waals surface area contributed by atoms with E-state index in [1.54, 1.807) is 0 Å². The van der Waals surface area contributed by atoms with Gasteiger partial charge in [0.2, 0.25) is 0 Å². The Morgan fingerprint density at radius 3 is 2.70 bits per heavy atom. The fraction of sp³-hybridized carbons (Fsp3) is 0.895. The Morgan fingerprint density at radius 1 is 1.22 bits per heavy atom. The highest BCUT2D eigenvalue weighted by Gasteiger charge is 2.63. The Morgan fingerprint density at radius 2 is 1.96 bits per heavy atom. The molecule has 0 amide bonds. The van der Waals surface area contributed by atoms with Crippen molar-refractivity contribution < 1.29 is 20.1 Å². The normalized spacial score (nSPS) is 58.9. The van der Waals surface area contributed by atoms with Crippen LogP contribution in [0.2, 0.25) is 0 Å². The average Bonchev–Trinajstić information content (AvgIpc) is 2.73. The molecule has 4 nitrogen and oxygen atoms in total. The van der Waals surface area contributed by atoms with Crippen LogP contribution in [0, 0.1) is 28.6 Å². The van der Waals surface area contributed by atoms with Gasteiger partial charge in [-0.05, 0) is 37.5 Å². The van der Waals surface area contributed by atoms with Gasteiger partial charge in [-0.25, -0.2) is 0 Å². The van der Waals surface area contributed by atoms with E-state index in [0.29, 0.717) is 18.9 Å². The largest absolute Gasteiger partial charge is 0.392 e. The van der Waals surface area contributed by atoms with E-state index in [4.69, 9.17) is 4.74 Å². The number of ether oxygens (including phenoxy) is 1. The standard InChI is InChI=1S/C19H30O4/c1-10-6-13-15-14(21)8-11-7-12(20)4-5-18(11,2)17(15)23-9-19(13,3)16(10)22/h7,10,12-17,20-22H,4-6,8-9H2,1-3H3/t10-,12+,13?,14+,15?,16+,17?,18+,19+/m1/s1. The minimum Gasteiger partial charge on any atom is -0.392 e. The van der Waals surface area contributed by atoms with Gasteiger partial charge >= 0.3 is 0 Å². The Balaban J connectivity index is 1.73. The van der Waals surface area contributed by atoms with Crippen molar-refractivity contribution in [1.29, 1.82) is 0 Å². The number of aliphatic hydroxyl groups excluding tert-OH is 3. The lowest BCUT2D eigenvalue weighted by Gasteiger charge is -2.58. The molecule has 4 heteroatoms. The summed E-state index contributed by atoms with van der Waals surface area (Å²) in [4.78, 5) is 0. The molecule has 2 saturated carbocycles. The van der Waals surface area contributed by atoms with Crippen molar-refractivity contribution in [3.05, 3.63) is 11.6 Å². The Hall–Kier alpha value is -0.420. The molecule has 1 heterocycles. The van der Waals surface area contributed by atoms with Gasteiger partial charge in [0.05, 0.1) is 31.0 Å². The molecular formula is C19H30O4. The van der Waals surface area contributed by atoms with Gasteiger partial charge in [-0.2, -0.15) is 0 Å². The zero-order valence-electron chi connectivity index (χ0n) is 14.4. The van der Waals surface area contributed by atoms with Gasteiger partial charge in [0, 0.05) is 16.7 Å². The monoisotopic (exact) mass is 322 g/mol. The van der Waals surface area contributed by atoms with Crippen molar-refractivity contribution in [2.75, 3.05) is 6.61 Å². The summed E-state index contributed by atoms with van der Waals surface area (Å²) in [5.41, 5.74) is 0.842. The topological polar surface area (TPSA) is 69.9 Å². The van der Waals surface area contributed by atoms with E-state index in [9.17, 15) is 15.3 Å². The molecular weight excluding hydrogens is 292 g/mol. The Labute approximate surface area is 138 Å². The average molecular weight is 322 g/mol. The number of hydrogen-bond acceptors (Lipinski definition) is 4. The summed E-state index contributed by atoms with van der Waals surface area (Å²) in [6, 6.07) is 0. The Kier molecular flexibility index (Phi) is 3.52. The third-order valence-corrected chi connectivity index (χ3v) is 7.66. The maximum absolute atomic E-state index is 10.9. The molecule has 0 spiro atoms. The SMILES string of the molecule is C[C@@H]1CC2C3C(OC[C@]2(C)[C@H]1O)[C@@]1(C)CC[C@H](O)C=C1C[C@@H]3O. The summed E-state index contributed by atoms with van der Waals surface area (Å²) in [7, 11) is 0. The molecule has 0 radical (unpaired) electrons. The molecule has 0 aromatic heterocycles. The van der Waals surface area contributed by atoms with Crippen molar-refractivity contribution in [2.45, 2.75) is 70.9 Å². The van der Waals surface area contributed by atoms with Crippen LogP contribution in [0.5, 0.6) is 0 Å². The van der Waals surface area contributed by atoms with E-state index < -0.39 is 6.10 Å². The number of rotatable bonds is 0. The second-order valence-corrected chi connectivity index (χ2v) is 9.07. The first-order valence-corrected chi connectivity index (χ1v) is 9.14. The first kappa shape index (κ1) is 16.1. The number of aliphatic hydroxyl groups is 3. The summed E-state index contributed by atoms with van der Waals surface area (Å²) in [6.45, 7) is 7.06. The van der Waals surface area contributed by atoms with E-state index in [1.165, 1.54) is 5.57 Å². The third kappa shape index (κ3) is 2.05. The van der Waals surface area contributed by atoms with Crippen LogP contribution in [0.15, 0.2) is 11.6 Å². The van der Waals surface area contributed by atoms with Gasteiger partial charge in [0.15, 0.2) is 0 Å². The van der Waals surface area contributed by atoms with Gasteiger partial charge in [-0.1, -0.05) is 32.4 Å². The molecule has 3 aliphatic carbocycles. The smallest absolute Gasteiger partial charge is 0.0724 e. The maximum atomic E-state index is 10.9. The molecule has 130 valence electrons. The van der Waals surface area contributed by atoms with Crippen LogP contribution in [-0.4, -0.2) is 46.3 Å². The quantitative estimate of drug-likeness (QED) is 0.596. The fourth-order valence-corrected chi connectivity index (χ4v) is 6.23. The number of hydrogen-bond donors (Lipinski definition) is 3. The van der Waals surface area contributed by atoms with Crippen LogP contribution in [-0.2, 0) is 4.74 Å². The second-order valence-electron chi connectivity index (χ2n) is 9.07. The van der Waals surface area contributed by atoms with Crippen LogP contribution in [0.1, 0.15) is 46.5 Å². The van der Waals surface area contributed by atoms with Crippen molar-refractivity contribution in [1.82, 2.24) is 0 Å². The molecule has 0 bridgehead atoms. The Bertz CT molecular complexity index is 531. The first-order chi connectivity index (χ1) is 10.8. The van der Waals surface area contributed by atoms with E-state index in [0.717, 1.165) is 19.3 Å². The lowest BCUT2D eigenvalue weighted by molar-refractivity contribution is -0.216. The van der Waals surface area contributed by atoms with Crippen molar-refractivity contribution in [3.63, 3.8) is 0 Å². The van der Waals surface area contributed by atoms with Crippen molar-refractivity contribution in [3.8, 4) is 0 Å².